The molecule has 0 saturated carbocycles. The minimum atomic E-state index is 1.07. The van der Waals surface area contributed by atoms with Crippen LogP contribution in [-0.2, 0) is 6.54 Å². The van der Waals surface area contributed by atoms with Crippen molar-refractivity contribution in [3.05, 3.63) is 41.4 Å². The van der Waals surface area contributed by atoms with Gasteiger partial charge in [-0.05, 0) is 25.9 Å². The standard InChI is InChI=1S/C15H18N2S/c1-3-7-13(8-4-1)15-16-11-14(18-15)12-17-9-5-2-6-10-17/h1,3-4,7-8,11H,2,5-6,9-10,12H2. The number of piperidine rings is 1. The van der Waals surface area contributed by atoms with Crippen LogP contribution in [0.4, 0.5) is 0 Å². The summed E-state index contributed by atoms with van der Waals surface area (Å²) in [6.07, 6.45) is 6.14. The van der Waals surface area contributed by atoms with Crippen molar-refractivity contribution in [3.8, 4) is 10.6 Å². The molecule has 2 aromatic rings. The molecule has 0 amide bonds. The van der Waals surface area contributed by atoms with Gasteiger partial charge in [0.25, 0.3) is 0 Å². The van der Waals surface area contributed by atoms with Crippen LogP contribution in [0.1, 0.15) is 24.1 Å². The lowest BCUT2D eigenvalue weighted by Crippen LogP contribution is -2.28. The van der Waals surface area contributed by atoms with Crippen LogP contribution in [0.15, 0.2) is 36.5 Å². The van der Waals surface area contributed by atoms with Gasteiger partial charge in [0.2, 0.25) is 0 Å². The van der Waals surface area contributed by atoms with Crippen molar-refractivity contribution in [2.75, 3.05) is 13.1 Å². The number of hydrogen-bond acceptors (Lipinski definition) is 3. The van der Waals surface area contributed by atoms with Gasteiger partial charge in [0, 0.05) is 23.2 Å². The Morgan fingerprint density at radius 2 is 1.83 bits per heavy atom. The lowest BCUT2D eigenvalue weighted by atomic mass is 10.1. The maximum absolute atomic E-state index is 4.54. The summed E-state index contributed by atoms with van der Waals surface area (Å²) in [6, 6.07) is 10.4. The van der Waals surface area contributed by atoms with E-state index in [1.807, 2.05) is 23.6 Å². The van der Waals surface area contributed by atoms with Crippen molar-refractivity contribution in [2.45, 2.75) is 25.8 Å². The zero-order valence-corrected chi connectivity index (χ0v) is 11.3. The highest BCUT2D eigenvalue weighted by Gasteiger charge is 2.12. The van der Waals surface area contributed by atoms with Crippen molar-refractivity contribution in [3.63, 3.8) is 0 Å². The van der Waals surface area contributed by atoms with Crippen LogP contribution in [-0.4, -0.2) is 23.0 Å². The molecule has 1 aromatic carbocycles. The van der Waals surface area contributed by atoms with Crippen molar-refractivity contribution >= 4 is 11.3 Å². The molecule has 1 aromatic heterocycles. The van der Waals surface area contributed by atoms with E-state index in [2.05, 4.69) is 34.1 Å². The zero-order valence-electron chi connectivity index (χ0n) is 10.5. The Labute approximate surface area is 112 Å². The predicted octanol–water partition coefficient (Wildman–Crippen LogP) is 3.80. The second-order valence-electron chi connectivity index (χ2n) is 4.83. The number of thiazole rings is 1. The van der Waals surface area contributed by atoms with Gasteiger partial charge < -0.3 is 0 Å². The first-order chi connectivity index (χ1) is 8.92. The molecule has 3 rings (SSSR count). The summed E-state index contributed by atoms with van der Waals surface area (Å²) in [7, 11) is 0. The minimum Gasteiger partial charge on any atom is -0.298 e. The van der Waals surface area contributed by atoms with Crippen molar-refractivity contribution < 1.29 is 0 Å². The first-order valence-corrected chi connectivity index (χ1v) is 7.46. The molecule has 0 radical (unpaired) electrons. The van der Waals surface area contributed by atoms with Crippen molar-refractivity contribution in [1.29, 1.82) is 0 Å². The van der Waals surface area contributed by atoms with Crippen LogP contribution >= 0.6 is 11.3 Å². The molecule has 2 heterocycles. The van der Waals surface area contributed by atoms with Gasteiger partial charge in [-0.25, -0.2) is 4.98 Å². The van der Waals surface area contributed by atoms with E-state index in [0.717, 1.165) is 11.6 Å². The maximum atomic E-state index is 4.54. The molecule has 0 atom stereocenters. The molecule has 0 N–H and O–H groups in total. The second kappa shape index (κ2) is 5.63. The van der Waals surface area contributed by atoms with E-state index in [-0.39, 0.29) is 0 Å². The second-order valence-corrected chi connectivity index (χ2v) is 5.95. The van der Waals surface area contributed by atoms with Gasteiger partial charge in [0.05, 0.1) is 0 Å². The summed E-state index contributed by atoms with van der Waals surface area (Å²) < 4.78 is 0. The normalized spacial score (nSPS) is 16.9. The lowest BCUT2D eigenvalue weighted by Gasteiger charge is -2.25. The highest BCUT2D eigenvalue weighted by molar-refractivity contribution is 7.15. The number of nitrogens with zero attached hydrogens (tertiary/aromatic N) is 2. The number of aromatic nitrogens is 1. The molecule has 0 spiro atoms. The fraction of sp³-hybridized carbons (Fsp3) is 0.400. The van der Waals surface area contributed by atoms with Crippen molar-refractivity contribution in [1.82, 2.24) is 9.88 Å². The Morgan fingerprint density at radius 1 is 1.06 bits per heavy atom. The smallest absolute Gasteiger partial charge is 0.123 e. The molecule has 18 heavy (non-hydrogen) atoms. The quantitative estimate of drug-likeness (QED) is 0.832. The number of likely N-dealkylation sites (tertiary alicyclic amines) is 1. The van der Waals surface area contributed by atoms with Gasteiger partial charge in [0.1, 0.15) is 5.01 Å². The Hall–Kier alpha value is -1.19. The first kappa shape index (κ1) is 11.9. The van der Waals surface area contributed by atoms with Crippen LogP contribution in [0, 0.1) is 0 Å². The van der Waals surface area contributed by atoms with Crippen LogP contribution in [0.5, 0.6) is 0 Å². The highest BCUT2D eigenvalue weighted by Crippen LogP contribution is 2.26. The number of benzene rings is 1. The molecule has 0 bridgehead atoms. The Morgan fingerprint density at radius 3 is 2.61 bits per heavy atom. The molecular weight excluding hydrogens is 240 g/mol. The van der Waals surface area contributed by atoms with Crippen LogP contribution in [0.25, 0.3) is 10.6 Å². The topological polar surface area (TPSA) is 16.1 Å². The van der Waals surface area contributed by atoms with Gasteiger partial charge in [-0.3, -0.25) is 4.90 Å². The number of hydrogen-bond donors (Lipinski definition) is 0. The largest absolute Gasteiger partial charge is 0.298 e. The summed E-state index contributed by atoms with van der Waals surface area (Å²) in [6.45, 7) is 3.57. The van der Waals surface area contributed by atoms with Gasteiger partial charge in [-0.2, -0.15) is 0 Å². The average molecular weight is 258 g/mol. The Bertz CT molecular complexity index is 486. The zero-order chi connectivity index (χ0) is 12.2. The van der Waals surface area contributed by atoms with Gasteiger partial charge >= 0.3 is 0 Å². The molecule has 0 aliphatic carbocycles. The van der Waals surface area contributed by atoms with E-state index >= 15 is 0 Å². The molecule has 1 aliphatic rings. The van der Waals surface area contributed by atoms with Gasteiger partial charge in [0.15, 0.2) is 0 Å². The van der Waals surface area contributed by atoms with E-state index in [1.54, 1.807) is 0 Å². The third kappa shape index (κ3) is 2.79. The fourth-order valence-corrected chi connectivity index (χ4v) is 3.39. The third-order valence-corrected chi connectivity index (χ3v) is 4.43. The van der Waals surface area contributed by atoms with E-state index in [4.69, 9.17) is 0 Å². The Balaban J connectivity index is 1.69. The molecule has 1 fully saturated rings. The van der Waals surface area contributed by atoms with E-state index in [0.29, 0.717) is 0 Å². The lowest BCUT2D eigenvalue weighted by molar-refractivity contribution is 0.222. The third-order valence-electron chi connectivity index (χ3n) is 3.40. The van der Waals surface area contributed by atoms with Crippen LogP contribution < -0.4 is 0 Å². The first-order valence-electron chi connectivity index (χ1n) is 6.64. The molecular formula is C15H18N2S. The summed E-state index contributed by atoms with van der Waals surface area (Å²) in [5, 5.41) is 1.14. The van der Waals surface area contributed by atoms with Crippen molar-refractivity contribution in [2.24, 2.45) is 0 Å². The SMILES string of the molecule is c1ccc(-c2ncc(CN3CCCCC3)s2)cc1. The summed E-state index contributed by atoms with van der Waals surface area (Å²) in [5.74, 6) is 0. The molecule has 0 unspecified atom stereocenters. The minimum absolute atomic E-state index is 1.07. The summed E-state index contributed by atoms with van der Waals surface area (Å²) in [4.78, 5) is 8.48. The Kier molecular flexibility index (Phi) is 3.72. The van der Waals surface area contributed by atoms with E-state index in [1.165, 1.54) is 42.8 Å². The summed E-state index contributed by atoms with van der Waals surface area (Å²) >= 11 is 1.83. The molecule has 2 nitrogen and oxygen atoms in total. The van der Waals surface area contributed by atoms with E-state index < -0.39 is 0 Å². The fourth-order valence-electron chi connectivity index (χ4n) is 2.43. The van der Waals surface area contributed by atoms with Crippen LogP contribution in [0.3, 0.4) is 0 Å². The molecule has 1 aliphatic heterocycles. The predicted molar refractivity (Wildman–Crippen MR) is 76.7 cm³/mol. The monoisotopic (exact) mass is 258 g/mol. The van der Waals surface area contributed by atoms with E-state index in [9.17, 15) is 0 Å². The van der Waals surface area contributed by atoms with Gasteiger partial charge in [-0.1, -0.05) is 36.8 Å². The average Bonchev–Trinajstić information content (AvgIpc) is 2.89. The van der Waals surface area contributed by atoms with Crippen LogP contribution in [0.2, 0.25) is 0 Å². The number of rotatable bonds is 3. The molecule has 94 valence electrons. The van der Waals surface area contributed by atoms with Gasteiger partial charge in [-0.15, -0.1) is 11.3 Å². The summed E-state index contributed by atoms with van der Waals surface area (Å²) in [5.41, 5.74) is 1.23. The molecule has 3 heteroatoms. The maximum Gasteiger partial charge on any atom is 0.123 e. The molecule has 1 saturated heterocycles. The highest BCUT2D eigenvalue weighted by atomic mass is 32.1.